The van der Waals surface area contributed by atoms with Crippen LogP contribution < -0.4 is 4.90 Å². The molecule has 0 saturated carbocycles. The molecule has 1 unspecified atom stereocenters. The number of hydrogen-bond donors (Lipinski definition) is 1. The molecule has 1 aliphatic rings. The summed E-state index contributed by atoms with van der Waals surface area (Å²) < 4.78 is 0. The molecule has 1 aromatic heterocycles. The van der Waals surface area contributed by atoms with E-state index in [2.05, 4.69) is 11.9 Å². The Morgan fingerprint density at radius 2 is 2.39 bits per heavy atom. The predicted molar refractivity (Wildman–Crippen MR) is 73.3 cm³/mol. The predicted octanol–water partition coefficient (Wildman–Crippen LogP) is 2.93. The smallest absolute Gasteiger partial charge is 0.329 e. The molecule has 4 nitrogen and oxygen atoms in total. The number of nitrogens with zero attached hydrogens (tertiary/aromatic N) is 2. The summed E-state index contributed by atoms with van der Waals surface area (Å²) in [5.74, 6) is -0.699. The lowest BCUT2D eigenvalue weighted by molar-refractivity contribution is -0.143. The Bertz CT molecular complexity index is 432. The molecule has 0 bridgehead atoms. The summed E-state index contributed by atoms with van der Waals surface area (Å²) in [6, 6.07) is 0. The Kier molecular flexibility index (Phi) is 3.90. The summed E-state index contributed by atoms with van der Waals surface area (Å²) in [5.41, 5.74) is 0.329. The molecule has 1 atom stereocenters. The number of anilines is 1. The Hall–Kier alpha value is -1.10. The van der Waals surface area contributed by atoms with Crippen LogP contribution in [0.25, 0.3) is 0 Å². The average Bonchev–Trinajstić information content (AvgIpc) is 2.95. The second kappa shape index (κ2) is 5.26. The van der Waals surface area contributed by atoms with Gasteiger partial charge in [0.2, 0.25) is 0 Å². The van der Waals surface area contributed by atoms with Crippen LogP contribution in [-0.2, 0) is 11.2 Å². The van der Waals surface area contributed by atoms with Crippen molar-refractivity contribution in [2.75, 3.05) is 11.4 Å². The van der Waals surface area contributed by atoms with Crippen LogP contribution in [0.5, 0.6) is 0 Å². The summed E-state index contributed by atoms with van der Waals surface area (Å²) in [6.07, 6.45) is 4.15. The largest absolute Gasteiger partial charge is 0.479 e. The van der Waals surface area contributed by atoms with E-state index in [1.807, 2.05) is 17.2 Å². The average molecular weight is 268 g/mol. The van der Waals surface area contributed by atoms with Crippen molar-refractivity contribution in [1.82, 2.24) is 4.98 Å². The van der Waals surface area contributed by atoms with E-state index in [0.717, 1.165) is 43.1 Å². The van der Waals surface area contributed by atoms with Gasteiger partial charge in [0.1, 0.15) is 5.54 Å². The summed E-state index contributed by atoms with van der Waals surface area (Å²) in [7, 11) is 0. The van der Waals surface area contributed by atoms with Crippen molar-refractivity contribution in [2.24, 2.45) is 0 Å². The maximum Gasteiger partial charge on any atom is 0.329 e. The fourth-order valence-corrected chi connectivity index (χ4v) is 3.77. The minimum atomic E-state index is -0.725. The number of aromatic nitrogens is 1. The van der Waals surface area contributed by atoms with E-state index < -0.39 is 11.5 Å². The van der Waals surface area contributed by atoms with Crippen LogP contribution in [0.4, 0.5) is 5.13 Å². The number of hydrogen-bond acceptors (Lipinski definition) is 4. The topological polar surface area (TPSA) is 53.4 Å². The molecule has 100 valence electrons. The van der Waals surface area contributed by atoms with E-state index in [-0.39, 0.29) is 0 Å². The normalized spacial score (nSPS) is 23.6. The van der Waals surface area contributed by atoms with Gasteiger partial charge >= 0.3 is 5.97 Å². The van der Waals surface area contributed by atoms with Crippen molar-refractivity contribution < 1.29 is 9.90 Å². The van der Waals surface area contributed by atoms with E-state index in [4.69, 9.17) is 0 Å². The maximum absolute atomic E-state index is 11.7. The highest BCUT2D eigenvalue weighted by atomic mass is 32.1. The van der Waals surface area contributed by atoms with Crippen LogP contribution in [0.3, 0.4) is 0 Å². The first kappa shape index (κ1) is 13.3. The Morgan fingerprint density at radius 3 is 2.94 bits per heavy atom. The van der Waals surface area contributed by atoms with Crippen LogP contribution in [0.1, 0.15) is 45.2 Å². The van der Waals surface area contributed by atoms with E-state index >= 15 is 0 Å². The molecular weight excluding hydrogens is 248 g/mol. The van der Waals surface area contributed by atoms with Crippen molar-refractivity contribution in [3.05, 3.63) is 11.1 Å². The van der Waals surface area contributed by atoms with Crippen LogP contribution in [0.2, 0.25) is 0 Å². The molecular formula is C13H20N2O2S. The number of aryl methyl sites for hydroxylation is 1. The van der Waals surface area contributed by atoms with Crippen LogP contribution >= 0.6 is 11.3 Å². The first-order valence-electron chi connectivity index (χ1n) is 6.59. The molecule has 1 saturated heterocycles. The van der Waals surface area contributed by atoms with E-state index in [0.29, 0.717) is 6.42 Å². The second-order valence-electron chi connectivity index (χ2n) is 4.82. The van der Waals surface area contributed by atoms with Crippen LogP contribution in [0, 0.1) is 0 Å². The molecule has 5 heteroatoms. The number of rotatable bonds is 5. The molecule has 1 N–H and O–H groups in total. The quantitative estimate of drug-likeness (QED) is 0.892. The van der Waals surface area contributed by atoms with Gasteiger partial charge in [0.05, 0.1) is 5.69 Å². The summed E-state index contributed by atoms with van der Waals surface area (Å²) >= 11 is 1.57. The fraction of sp³-hybridized carbons (Fsp3) is 0.692. The Labute approximate surface area is 112 Å². The highest BCUT2D eigenvalue weighted by molar-refractivity contribution is 7.13. The summed E-state index contributed by atoms with van der Waals surface area (Å²) in [6.45, 7) is 4.92. The van der Waals surface area contributed by atoms with Gasteiger partial charge in [0, 0.05) is 11.9 Å². The minimum absolute atomic E-state index is 0.698. The maximum atomic E-state index is 11.7. The Morgan fingerprint density at radius 1 is 1.61 bits per heavy atom. The third-order valence-corrected chi connectivity index (χ3v) is 4.60. The minimum Gasteiger partial charge on any atom is -0.479 e. The van der Waals surface area contributed by atoms with Gasteiger partial charge in [0.15, 0.2) is 5.13 Å². The van der Waals surface area contributed by atoms with Crippen molar-refractivity contribution >= 4 is 22.4 Å². The van der Waals surface area contributed by atoms with Gasteiger partial charge in [-0.15, -0.1) is 11.3 Å². The van der Waals surface area contributed by atoms with Crippen molar-refractivity contribution in [3.63, 3.8) is 0 Å². The van der Waals surface area contributed by atoms with Crippen molar-refractivity contribution in [3.8, 4) is 0 Å². The number of carboxylic acids is 1. The molecule has 1 fully saturated rings. The van der Waals surface area contributed by atoms with Crippen molar-refractivity contribution in [2.45, 2.75) is 51.5 Å². The number of thiazole rings is 1. The number of carbonyl (C=O) groups is 1. The van der Waals surface area contributed by atoms with Gasteiger partial charge in [0.25, 0.3) is 0 Å². The molecule has 0 spiro atoms. The third-order valence-electron chi connectivity index (χ3n) is 3.68. The third kappa shape index (κ3) is 2.11. The Balaban J connectivity index is 2.32. The SMILES string of the molecule is CCCC1(C(=O)O)CCCN1c1nc(CC)cs1. The molecule has 1 aliphatic heterocycles. The molecule has 2 rings (SSSR count). The van der Waals surface area contributed by atoms with Gasteiger partial charge in [-0.2, -0.15) is 0 Å². The van der Waals surface area contributed by atoms with Gasteiger partial charge in [-0.1, -0.05) is 20.3 Å². The van der Waals surface area contributed by atoms with Gasteiger partial charge in [-0.05, 0) is 25.7 Å². The second-order valence-corrected chi connectivity index (χ2v) is 5.65. The van der Waals surface area contributed by atoms with Crippen LogP contribution in [0.15, 0.2) is 5.38 Å². The van der Waals surface area contributed by atoms with Crippen molar-refractivity contribution in [1.29, 1.82) is 0 Å². The molecule has 2 heterocycles. The molecule has 18 heavy (non-hydrogen) atoms. The van der Waals surface area contributed by atoms with Gasteiger partial charge < -0.3 is 10.0 Å². The van der Waals surface area contributed by atoms with Gasteiger partial charge in [-0.25, -0.2) is 9.78 Å². The zero-order valence-corrected chi connectivity index (χ0v) is 11.8. The van der Waals surface area contributed by atoms with E-state index in [1.165, 1.54) is 0 Å². The molecule has 1 aromatic rings. The highest BCUT2D eigenvalue weighted by Gasteiger charge is 2.47. The fourth-order valence-electron chi connectivity index (χ4n) is 2.74. The standard InChI is InChI=1S/C13H20N2O2S/c1-3-6-13(11(16)17)7-5-8-15(13)12-14-10(4-2)9-18-12/h9H,3-8H2,1-2H3,(H,16,17). The molecule has 0 aliphatic carbocycles. The lowest BCUT2D eigenvalue weighted by atomic mass is 9.91. The zero-order chi connectivity index (χ0) is 13.2. The lowest BCUT2D eigenvalue weighted by Gasteiger charge is -2.34. The van der Waals surface area contributed by atoms with E-state index in [9.17, 15) is 9.90 Å². The molecule has 0 aromatic carbocycles. The number of aliphatic carboxylic acids is 1. The summed E-state index contributed by atoms with van der Waals surface area (Å²) in [5, 5.41) is 12.5. The zero-order valence-electron chi connectivity index (χ0n) is 11.0. The van der Waals surface area contributed by atoms with E-state index in [1.54, 1.807) is 11.3 Å². The highest BCUT2D eigenvalue weighted by Crippen LogP contribution is 2.39. The van der Waals surface area contributed by atoms with Crippen LogP contribution in [-0.4, -0.2) is 28.1 Å². The first-order chi connectivity index (χ1) is 8.64. The van der Waals surface area contributed by atoms with Gasteiger partial charge in [-0.3, -0.25) is 0 Å². The summed E-state index contributed by atoms with van der Waals surface area (Å²) in [4.78, 5) is 18.3. The first-order valence-corrected chi connectivity index (χ1v) is 7.47. The monoisotopic (exact) mass is 268 g/mol. The molecule has 0 radical (unpaired) electrons. The molecule has 0 amide bonds. The lowest BCUT2D eigenvalue weighted by Crippen LogP contribution is -2.50. The number of carboxylic acid groups (broad SMARTS) is 1.